The highest BCUT2D eigenvalue weighted by Gasteiger charge is 2.18. The van der Waals surface area contributed by atoms with Gasteiger partial charge >= 0.3 is 0 Å². The molecule has 0 saturated heterocycles. The van der Waals surface area contributed by atoms with Crippen LogP contribution in [0.4, 0.5) is 17.1 Å². The average Bonchev–Trinajstić information content (AvgIpc) is 2.75. The van der Waals surface area contributed by atoms with Gasteiger partial charge in [-0.3, -0.25) is 0 Å². The van der Waals surface area contributed by atoms with Gasteiger partial charge in [-0.1, -0.05) is 18.2 Å². The summed E-state index contributed by atoms with van der Waals surface area (Å²) in [6, 6.07) is 23.0. The number of ether oxygens (including phenoxy) is 1. The van der Waals surface area contributed by atoms with Crippen molar-refractivity contribution in [3.8, 4) is 28.7 Å². The molecule has 0 bridgehead atoms. The van der Waals surface area contributed by atoms with Gasteiger partial charge in [0.1, 0.15) is 28.7 Å². The highest BCUT2D eigenvalue weighted by atomic mass is 16.5. The zero-order valence-corrected chi connectivity index (χ0v) is 18.2. The summed E-state index contributed by atoms with van der Waals surface area (Å²) in [7, 11) is 0. The first-order chi connectivity index (χ1) is 15.3. The van der Waals surface area contributed by atoms with E-state index in [0.29, 0.717) is 11.5 Å². The third kappa shape index (κ3) is 4.32. The van der Waals surface area contributed by atoms with Crippen LogP contribution in [0.25, 0.3) is 0 Å². The molecule has 0 amide bonds. The van der Waals surface area contributed by atoms with Gasteiger partial charge in [0.15, 0.2) is 0 Å². The number of nitrogens with zero attached hydrogens (tertiary/aromatic N) is 1. The third-order valence-electron chi connectivity index (χ3n) is 5.33. The van der Waals surface area contributed by atoms with Gasteiger partial charge in [0.05, 0.1) is 11.4 Å². The smallest absolute Gasteiger partial charge is 0.130 e. The molecule has 0 radical (unpaired) electrons. The van der Waals surface area contributed by atoms with Gasteiger partial charge in [-0.2, -0.15) is 0 Å². The Kier molecular flexibility index (Phi) is 5.65. The first-order valence-electron chi connectivity index (χ1n) is 10.3. The second-order valence-electron chi connectivity index (χ2n) is 7.83. The van der Waals surface area contributed by atoms with Crippen molar-refractivity contribution in [2.75, 3.05) is 4.90 Å². The Balaban J connectivity index is 1.84. The second kappa shape index (κ2) is 8.55. The summed E-state index contributed by atoms with van der Waals surface area (Å²) >= 11 is 0. The van der Waals surface area contributed by atoms with Crippen molar-refractivity contribution in [1.29, 1.82) is 0 Å². The molecule has 0 spiro atoms. The van der Waals surface area contributed by atoms with Crippen LogP contribution >= 0.6 is 0 Å². The summed E-state index contributed by atoms with van der Waals surface area (Å²) in [6.45, 7) is 5.82. The molecular weight excluding hydrogens is 402 g/mol. The van der Waals surface area contributed by atoms with E-state index in [-0.39, 0.29) is 17.2 Å². The molecule has 0 aliphatic heterocycles. The van der Waals surface area contributed by atoms with Crippen molar-refractivity contribution in [3.05, 3.63) is 95.6 Å². The summed E-state index contributed by atoms with van der Waals surface area (Å²) < 4.78 is 6.10. The van der Waals surface area contributed by atoms with Gasteiger partial charge in [-0.05, 0) is 79.9 Å². The van der Waals surface area contributed by atoms with E-state index in [1.807, 2.05) is 62.1 Å². The number of aromatic hydroxyl groups is 3. The van der Waals surface area contributed by atoms with E-state index in [2.05, 4.69) is 0 Å². The van der Waals surface area contributed by atoms with Crippen molar-refractivity contribution >= 4 is 17.1 Å². The fourth-order valence-electron chi connectivity index (χ4n) is 3.65. The number of aryl methyl sites for hydroxylation is 3. The lowest BCUT2D eigenvalue weighted by atomic mass is 10.1. The molecule has 0 aliphatic carbocycles. The zero-order valence-electron chi connectivity index (χ0n) is 18.2. The van der Waals surface area contributed by atoms with Crippen LogP contribution in [0.5, 0.6) is 28.7 Å². The van der Waals surface area contributed by atoms with E-state index in [9.17, 15) is 15.3 Å². The molecule has 32 heavy (non-hydrogen) atoms. The first kappa shape index (κ1) is 21.1. The molecule has 4 rings (SSSR count). The molecule has 4 aromatic rings. The summed E-state index contributed by atoms with van der Waals surface area (Å²) in [5, 5.41) is 30.0. The van der Waals surface area contributed by atoms with Crippen LogP contribution in [-0.4, -0.2) is 15.3 Å². The molecule has 0 saturated carbocycles. The summed E-state index contributed by atoms with van der Waals surface area (Å²) in [6.07, 6.45) is 0. The predicted molar refractivity (Wildman–Crippen MR) is 127 cm³/mol. The Morgan fingerprint density at radius 1 is 0.594 bits per heavy atom. The van der Waals surface area contributed by atoms with Crippen LogP contribution in [0.3, 0.4) is 0 Å². The number of rotatable bonds is 5. The molecule has 0 unspecified atom stereocenters. The molecule has 0 aromatic heterocycles. The monoisotopic (exact) mass is 427 g/mol. The predicted octanol–water partition coefficient (Wildman–Crippen LogP) is 6.99. The third-order valence-corrected chi connectivity index (χ3v) is 5.33. The number of benzene rings is 4. The second-order valence-corrected chi connectivity index (χ2v) is 7.83. The number of hydrogen-bond donors (Lipinski definition) is 3. The van der Waals surface area contributed by atoms with Crippen LogP contribution < -0.4 is 9.64 Å². The van der Waals surface area contributed by atoms with Crippen molar-refractivity contribution in [2.24, 2.45) is 0 Å². The van der Waals surface area contributed by atoms with Crippen molar-refractivity contribution in [2.45, 2.75) is 20.8 Å². The van der Waals surface area contributed by atoms with E-state index in [0.717, 1.165) is 33.8 Å². The van der Waals surface area contributed by atoms with Crippen molar-refractivity contribution in [1.82, 2.24) is 0 Å². The fourth-order valence-corrected chi connectivity index (χ4v) is 3.65. The first-order valence-corrected chi connectivity index (χ1v) is 10.3. The lowest BCUT2D eigenvalue weighted by molar-refractivity contribution is 0.461. The van der Waals surface area contributed by atoms with Gasteiger partial charge in [-0.25, -0.2) is 0 Å². The largest absolute Gasteiger partial charge is 0.508 e. The average molecular weight is 428 g/mol. The Bertz CT molecular complexity index is 1230. The lowest BCUT2D eigenvalue weighted by Gasteiger charge is -2.29. The highest BCUT2D eigenvalue weighted by molar-refractivity contribution is 5.81. The van der Waals surface area contributed by atoms with E-state index < -0.39 is 0 Å². The Labute approximate surface area is 187 Å². The zero-order chi connectivity index (χ0) is 22.8. The summed E-state index contributed by atoms with van der Waals surface area (Å²) in [5.74, 6) is 1.76. The van der Waals surface area contributed by atoms with Crippen LogP contribution in [0.1, 0.15) is 16.7 Å². The van der Waals surface area contributed by atoms with Gasteiger partial charge in [0, 0.05) is 23.9 Å². The van der Waals surface area contributed by atoms with Crippen LogP contribution in [0, 0.1) is 20.8 Å². The van der Waals surface area contributed by atoms with Crippen LogP contribution in [0.2, 0.25) is 0 Å². The number of hydrogen-bond acceptors (Lipinski definition) is 5. The normalized spacial score (nSPS) is 10.7. The Morgan fingerprint density at radius 3 is 1.75 bits per heavy atom. The highest BCUT2D eigenvalue weighted by Crippen LogP contribution is 2.42. The summed E-state index contributed by atoms with van der Waals surface area (Å²) in [5.41, 5.74) is 5.13. The Morgan fingerprint density at radius 2 is 1.16 bits per heavy atom. The van der Waals surface area contributed by atoms with E-state index in [1.165, 1.54) is 0 Å². The van der Waals surface area contributed by atoms with E-state index in [4.69, 9.17) is 4.74 Å². The molecule has 0 atom stereocenters. The van der Waals surface area contributed by atoms with Crippen molar-refractivity contribution in [3.63, 3.8) is 0 Å². The maximum atomic E-state index is 10.2. The van der Waals surface area contributed by atoms with Crippen LogP contribution in [0.15, 0.2) is 78.9 Å². The number of phenols is 3. The fraction of sp³-hybridized carbons (Fsp3) is 0.111. The molecule has 3 N–H and O–H groups in total. The van der Waals surface area contributed by atoms with Gasteiger partial charge < -0.3 is 25.0 Å². The van der Waals surface area contributed by atoms with E-state index in [1.54, 1.807) is 42.5 Å². The Hall–Kier alpha value is -4.12. The van der Waals surface area contributed by atoms with Gasteiger partial charge in [-0.15, -0.1) is 0 Å². The number of phenolic OH excluding ortho intramolecular Hbond substituents is 3. The van der Waals surface area contributed by atoms with E-state index >= 15 is 0 Å². The van der Waals surface area contributed by atoms with Gasteiger partial charge in [0.2, 0.25) is 0 Å². The lowest BCUT2D eigenvalue weighted by Crippen LogP contribution is -2.12. The molecule has 4 aromatic carbocycles. The minimum absolute atomic E-state index is 0.153. The SMILES string of the molecule is Cc1cc(O)ccc1Oc1cccc(N(c2cc(O)ccc2C)c2cc(O)ccc2C)c1. The van der Waals surface area contributed by atoms with Gasteiger partial charge in [0.25, 0.3) is 0 Å². The van der Waals surface area contributed by atoms with Crippen LogP contribution in [-0.2, 0) is 0 Å². The maximum absolute atomic E-state index is 10.2. The minimum atomic E-state index is 0.153. The molecule has 0 fully saturated rings. The molecule has 5 nitrogen and oxygen atoms in total. The molecule has 5 heteroatoms. The maximum Gasteiger partial charge on any atom is 0.130 e. The summed E-state index contributed by atoms with van der Waals surface area (Å²) in [4.78, 5) is 1.99. The topological polar surface area (TPSA) is 73.2 Å². The molecule has 0 heterocycles. The number of anilines is 3. The molecule has 162 valence electrons. The standard InChI is InChI=1S/C27H25NO4/c1-17-7-9-22(30)15-25(17)28(26-16-23(31)10-8-18(26)2)20-5-4-6-24(14-20)32-27-12-11-21(29)13-19(27)3/h4-16,29-31H,1-3H3. The van der Waals surface area contributed by atoms with Crippen molar-refractivity contribution < 1.29 is 20.1 Å². The minimum Gasteiger partial charge on any atom is -0.508 e. The quantitative estimate of drug-likeness (QED) is 0.320. The molecular formula is C27H25NO4. The molecule has 0 aliphatic rings.